The van der Waals surface area contributed by atoms with Crippen molar-refractivity contribution in [1.82, 2.24) is 0 Å². The van der Waals surface area contributed by atoms with Crippen molar-refractivity contribution in [3.8, 4) is 22.3 Å². The van der Waals surface area contributed by atoms with Gasteiger partial charge in [0.05, 0.1) is 16.1 Å². The quantitative estimate of drug-likeness (QED) is 0.0896. The zero-order valence-corrected chi connectivity index (χ0v) is 37.7. The first-order valence-corrected chi connectivity index (χ1v) is 28.0. The van der Waals surface area contributed by atoms with Crippen LogP contribution in [0.15, 0.2) is 206 Å². The Morgan fingerprint density at radius 2 is 0.567 bits per heavy atom. The second kappa shape index (κ2) is 17.4. The molecule has 8 aromatic rings. The summed E-state index contributed by atoms with van der Waals surface area (Å²) in [6.45, 7) is 14.4. The molecule has 0 N–H and O–H groups in total. The summed E-state index contributed by atoms with van der Waals surface area (Å²) in [6.07, 6.45) is 4.39. The SMILES string of the molecule is C[Si](C)(C)c1cccc(N(c2ccccc2)c2ccc(-c3ccc(C=Cc4ccc(-c5ccc(N(c6ccccc6)c6cccc([Si](C)(C)C)c6)cc5)cc4)cc3)cc2)c1. The van der Waals surface area contributed by atoms with E-state index in [1.807, 2.05) is 0 Å². The maximum absolute atomic E-state index is 2.40. The molecule has 0 aliphatic carbocycles. The average Bonchev–Trinajstić information content (AvgIpc) is 3.27. The molecule has 296 valence electrons. The number of rotatable bonds is 12. The zero-order valence-electron chi connectivity index (χ0n) is 35.7. The molecule has 8 rings (SSSR count). The number of anilines is 6. The van der Waals surface area contributed by atoms with Gasteiger partial charge in [-0.25, -0.2) is 0 Å². The molecule has 0 bridgehead atoms. The molecule has 0 saturated heterocycles. The van der Waals surface area contributed by atoms with Crippen LogP contribution in [0.2, 0.25) is 39.3 Å². The summed E-state index contributed by atoms with van der Waals surface area (Å²) in [4.78, 5) is 4.72. The molecule has 8 aromatic carbocycles. The molecule has 2 nitrogen and oxygen atoms in total. The summed E-state index contributed by atoms with van der Waals surface area (Å²) >= 11 is 0. The van der Waals surface area contributed by atoms with E-state index in [1.54, 1.807) is 0 Å². The van der Waals surface area contributed by atoms with Gasteiger partial charge in [0.15, 0.2) is 0 Å². The minimum Gasteiger partial charge on any atom is -0.311 e. The van der Waals surface area contributed by atoms with Crippen molar-refractivity contribution < 1.29 is 0 Å². The Balaban J connectivity index is 0.952. The zero-order chi connectivity index (χ0) is 41.7. The molecule has 0 spiro atoms. The van der Waals surface area contributed by atoms with Gasteiger partial charge in [-0.1, -0.05) is 195 Å². The molecule has 0 saturated carbocycles. The first-order valence-electron chi connectivity index (χ1n) is 21.0. The maximum atomic E-state index is 2.40. The molecule has 0 heterocycles. The summed E-state index contributed by atoms with van der Waals surface area (Å²) in [6, 6.07) is 75.1. The topological polar surface area (TPSA) is 6.48 Å². The summed E-state index contributed by atoms with van der Waals surface area (Å²) in [5.41, 5.74) is 14.1. The van der Waals surface area contributed by atoms with Crippen LogP contribution in [0.3, 0.4) is 0 Å². The molecular formula is C56H54N2Si2. The Morgan fingerprint density at radius 1 is 0.283 bits per heavy atom. The monoisotopic (exact) mass is 810 g/mol. The predicted molar refractivity (Wildman–Crippen MR) is 268 cm³/mol. The Hall–Kier alpha value is -6.47. The highest BCUT2D eigenvalue weighted by Gasteiger charge is 2.21. The molecule has 0 amide bonds. The predicted octanol–water partition coefficient (Wildman–Crippen LogP) is 15.2. The van der Waals surface area contributed by atoms with Crippen LogP contribution in [-0.2, 0) is 0 Å². The standard InChI is InChI=1S/C56H54N2Si2/c1-59(2,3)55-21-13-19-53(41-55)57(49-15-9-7-10-16-49)51-37-33-47(34-38-51)45-29-25-43(26-30-45)23-24-44-27-31-46(32-28-44)48-35-39-52(40-36-48)58(50-17-11-8-12-18-50)54-20-14-22-56(42-54)60(4,5)6/h7-42H,1-6H3. The van der Waals surface area contributed by atoms with Gasteiger partial charge in [-0.3, -0.25) is 0 Å². The second-order valence-electron chi connectivity index (χ2n) is 17.6. The summed E-state index contributed by atoms with van der Waals surface area (Å²) in [7, 11) is -2.94. The highest BCUT2D eigenvalue weighted by Crippen LogP contribution is 2.37. The number of hydrogen-bond donors (Lipinski definition) is 0. The Labute approximate surface area is 359 Å². The molecule has 0 fully saturated rings. The third-order valence-electron chi connectivity index (χ3n) is 11.2. The van der Waals surface area contributed by atoms with Gasteiger partial charge < -0.3 is 9.80 Å². The van der Waals surface area contributed by atoms with Gasteiger partial charge >= 0.3 is 0 Å². The van der Waals surface area contributed by atoms with Crippen molar-refractivity contribution in [2.45, 2.75) is 39.3 Å². The molecule has 60 heavy (non-hydrogen) atoms. The van der Waals surface area contributed by atoms with E-state index >= 15 is 0 Å². The minimum atomic E-state index is -1.47. The van der Waals surface area contributed by atoms with Crippen molar-refractivity contribution in [2.75, 3.05) is 9.80 Å². The van der Waals surface area contributed by atoms with Gasteiger partial charge in [0.25, 0.3) is 0 Å². The fraction of sp³-hybridized carbons (Fsp3) is 0.107. The van der Waals surface area contributed by atoms with E-state index in [9.17, 15) is 0 Å². The van der Waals surface area contributed by atoms with Crippen LogP contribution in [0.4, 0.5) is 34.1 Å². The normalized spacial score (nSPS) is 11.8. The molecule has 0 atom stereocenters. The van der Waals surface area contributed by atoms with Gasteiger partial charge in [0.1, 0.15) is 0 Å². The first kappa shape index (κ1) is 40.3. The van der Waals surface area contributed by atoms with E-state index in [1.165, 1.54) is 55.1 Å². The minimum absolute atomic E-state index is 1.15. The molecule has 0 aliphatic rings. The molecular weight excluding hydrogens is 757 g/mol. The van der Waals surface area contributed by atoms with Crippen LogP contribution in [0.5, 0.6) is 0 Å². The van der Waals surface area contributed by atoms with Crippen LogP contribution in [0, 0.1) is 0 Å². The molecule has 0 aliphatic heterocycles. The third kappa shape index (κ3) is 9.37. The number of hydrogen-bond acceptors (Lipinski definition) is 2. The Bertz CT molecular complexity index is 2480. The molecule has 0 aromatic heterocycles. The average molecular weight is 811 g/mol. The van der Waals surface area contributed by atoms with Crippen molar-refractivity contribution in [1.29, 1.82) is 0 Å². The lowest BCUT2D eigenvalue weighted by Crippen LogP contribution is -2.37. The summed E-state index contributed by atoms with van der Waals surface area (Å²) in [5, 5.41) is 2.91. The Morgan fingerprint density at radius 3 is 0.883 bits per heavy atom. The van der Waals surface area contributed by atoms with Gasteiger partial charge in [0, 0.05) is 34.1 Å². The molecule has 0 unspecified atom stereocenters. The summed E-state index contributed by atoms with van der Waals surface area (Å²) in [5.74, 6) is 0. The van der Waals surface area contributed by atoms with Gasteiger partial charge in [-0.15, -0.1) is 0 Å². The first-order chi connectivity index (χ1) is 29.0. The lowest BCUT2D eigenvalue weighted by molar-refractivity contribution is 1.29. The van der Waals surface area contributed by atoms with E-state index in [-0.39, 0.29) is 0 Å². The molecule has 0 radical (unpaired) electrons. The van der Waals surface area contributed by atoms with Crippen molar-refractivity contribution >= 4 is 72.8 Å². The van der Waals surface area contributed by atoms with E-state index in [0.29, 0.717) is 0 Å². The van der Waals surface area contributed by atoms with Gasteiger partial charge in [-0.05, 0) is 106 Å². The fourth-order valence-corrected chi connectivity index (χ4v) is 10.00. The summed E-state index contributed by atoms with van der Waals surface area (Å²) < 4.78 is 0. The van der Waals surface area contributed by atoms with Crippen LogP contribution in [0.25, 0.3) is 34.4 Å². The van der Waals surface area contributed by atoms with Gasteiger partial charge in [0.2, 0.25) is 0 Å². The lowest BCUT2D eigenvalue weighted by atomic mass is 10.0. The lowest BCUT2D eigenvalue weighted by Gasteiger charge is -2.27. The van der Waals surface area contributed by atoms with E-state index in [4.69, 9.17) is 0 Å². The van der Waals surface area contributed by atoms with Crippen LogP contribution < -0.4 is 20.2 Å². The third-order valence-corrected chi connectivity index (χ3v) is 15.3. The van der Waals surface area contributed by atoms with E-state index in [2.05, 4.69) is 267 Å². The van der Waals surface area contributed by atoms with Crippen LogP contribution in [-0.4, -0.2) is 16.1 Å². The van der Waals surface area contributed by atoms with Crippen molar-refractivity contribution in [3.63, 3.8) is 0 Å². The molecule has 4 heteroatoms. The second-order valence-corrected chi connectivity index (χ2v) is 27.8. The number of para-hydroxylation sites is 2. The van der Waals surface area contributed by atoms with Crippen molar-refractivity contribution in [2.24, 2.45) is 0 Å². The van der Waals surface area contributed by atoms with Crippen LogP contribution >= 0.6 is 0 Å². The fourth-order valence-electron chi connectivity index (χ4n) is 7.64. The Kier molecular flexibility index (Phi) is 11.7. The smallest absolute Gasteiger partial charge is 0.0776 e. The van der Waals surface area contributed by atoms with E-state index < -0.39 is 16.1 Å². The van der Waals surface area contributed by atoms with E-state index in [0.717, 1.165) is 22.7 Å². The maximum Gasteiger partial charge on any atom is 0.0776 e. The number of benzene rings is 8. The highest BCUT2D eigenvalue weighted by atomic mass is 28.3. The highest BCUT2D eigenvalue weighted by molar-refractivity contribution is 6.89. The van der Waals surface area contributed by atoms with Crippen LogP contribution in [0.1, 0.15) is 11.1 Å². The number of nitrogens with zero attached hydrogens (tertiary/aromatic N) is 2. The van der Waals surface area contributed by atoms with Gasteiger partial charge in [-0.2, -0.15) is 0 Å². The van der Waals surface area contributed by atoms with Crippen molar-refractivity contribution in [3.05, 3.63) is 217 Å². The largest absolute Gasteiger partial charge is 0.311 e.